The number of rotatable bonds is 4. The average Bonchev–Trinajstić information content (AvgIpc) is 2.27. The zero-order valence-corrected chi connectivity index (χ0v) is 11.1. The molecule has 0 saturated heterocycles. The Morgan fingerprint density at radius 3 is 1.47 bits per heavy atom. The summed E-state index contributed by atoms with van der Waals surface area (Å²) in [4.78, 5) is 34.1. The summed E-state index contributed by atoms with van der Waals surface area (Å²) < 4.78 is 0. The molecular formula is C13H17N3O3. The number of hydrogen-bond donors (Lipinski definition) is 3. The summed E-state index contributed by atoms with van der Waals surface area (Å²) in [7, 11) is 0. The summed E-state index contributed by atoms with van der Waals surface area (Å²) in [6.07, 6.45) is 0. The van der Waals surface area contributed by atoms with Crippen LogP contribution in [0.25, 0.3) is 0 Å². The van der Waals surface area contributed by atoms with Gasteiger partial charge in [0.1, 0.15) is 0 Å². The van der Waals surface area contributed by atoms with E-state index in [1.807, 2.05) is 0 Å². The summed E-state index contributed by atoms with van der Waals surface area (Å²) in [5.74, 6) is -2.59. The van der Waals surface area contributed by atoms with Crippen molar-refractivity contribution in [2.75, 3.05) is 0 Å². The molecule has 6 heteroatoms. The predicted octanol–water partition coefficient (Wildman–Crippen LogP) is 0.205. The molecule has 1 aromatic rings. The second-order valence-electron chi connectivity index (χ2n) is 4.16. The quantitative estimate of drug-likeness (QED) is 0.678. The van der Waals surface area contributed by atoms with E-state index in [2.05, 4.69) is 16.0 Å². The van der Waals surface area contributed by atoms with Gasteiger partial charge in [0, 0.05) is 26.3 Å². The van der Waals surface area contributed by atoms with E-state index >= 15 is 0 Å². The third-order valence-electron chi connectivity index (χ3n) is 2.30. The monoisotopic (exact) mass is 263 g/mol. The highest BCUT2D eigenvalue weighted by atomic mass is 16.2. The van der Waals surface area contributed by atoms with E-state index in [1.165, 1.54) is 20.8 Å². The Bertz CT molecular complexity index is 444. The molecule has 0 aliphatic carbocycles. The fraction of sp³-hybridized carbons (Fsp3) is 0.308. The van der Waals surface area contributed by atoms with Crippen LogP contribution in [0.3, 0.4) is 0 Å². The van der Waals surface area contributed by atoms with Gasteiger partial charge in [0.15, 0.2) is 0 Å². The summed E-state index contributed by atoms with van der Waals surface area (Å²) in [5, 5.41) is 7.71. The first-order valence-electron chi connectivity index (χ1n) is 5.77. The molecule has 0 saturated carbocycles. The number of benzene rings is 1. The van der Waals surface area contributed by atoms with Crippen LogP contribution >= 0.6 is 0 Å². The predicted molar refractivity (Wildman–Crippen MR) is 69.6 cm³/mol. The van der Waals surface area contributed by atoms with Crippen LogP contribution in [0, 0.1) is 0 Å². The Kier molecular flexibility index (Phi) is 4.63. The lowest BCUT2D eigenvalue weighted by molar-refractivity contribution is -0.129. The molecule has 102 valence electrons. The van der Waals surface area contributed by atoms with Gasteiger partial charge in [0.25, 0.3) is 0 Å². The minimum absolute atomic E-state index is 0.383. The molecule has 0 radical (unpaired) electrons. The van der Waals surface area contributed by atoms with Gasteiger partial charge in [-0.1, -0.05) is 30.3 Å². The SMILES string of the molecule is CC(=O)NC(NC(C)=O)(NC(C)=O)c1ccccc1. The summed E-state index contributed by atoms with van der Waals surface area (Å²) in [5.41, 5.74) is 0.551. The molecule has 0 unspecified atom stereocenters. The molecule has 3 N–H and O–H groups in total. The van der Waals surface area contributed by atoms with Crippen molar-refractivity contribution in [1.82, 2.24) is 16.0 Å². The van der Waals surface area contributed by atoms with Gasteiger partial charge >= 0.3 is 0 Å². The summed E-state index contributed by atoms with van der Waals surface area (Å²) >= 11 is 0. The van der Waals surface area contributed by atoms with Gasteiger partial charge in [0.2, 0.25) is 23.5 Å². The van der Waals surface area contributed by atoms with Crippen molar-refractivity contribution in [3.8, 4) is 0 Å². The van der Waals surface area contributed by atoms with E-state index in [0.717, 1.165) is 0 Å². The van der Waals surface area contributed by atoms with E-state index in [0.29, 0.717) is 5.56 Å². The summed E-state index contributed by atoms with van der Waals surface area (Å²) in [6.45, 7) is 3.92. The fourth-order valence-corrected chi connectivity index (χ4v) is 1.79. The minimum atomic E-state index is -1.44. The molecule has 0 spiro atoms. The van der Waals surface area contributed by atoms with Gasteiger partial charge in [0.05, 0.1) is 0 Å². The van der Waals surface area contributed by atoms with Crippen molar-refractivity contribution in [3.05, 3.63) is 35.9 Å². The van der Waals surface area contributed by atoms with E-state index in [-0.39, 0.29) is 17.7 Å². The van der Waals surface area contributed by atoms with Gasteiger partial charge in [-0.15, -0.1) is 0 Å². The van der Waals surface area contributed by atoms with Crippen LogP contribution < -0.4 is 16.0 Å². The van der Waals surface area contributed by atoms with E-state index in [1.54, 1.807) is 30.3 Å². The molecule has 6 nitrogen and oxygen atoms in total. The Morgan fingerprint density at radius 1 is 0.789 bits per heavy atom. The van der Waals surface area contributed by atoms with Crippen LogP contribution in [-0.2, 0) is 20.2 Å². The van der Waals surface area contributed by atoms with Crippen LogP contribution in [0.15, 0.2) is 30.3 Å². The average molecular weight is 263 g/mol. The Balaban J connectivity index is 3.28. The zero-order valence-electron chi connectivity index (χ0n) is 11.1. The number of carbonyl (C=O) groups is 3. The molecular weight excluding hydrogens is 246 g/mol. The third kappa shape index (κ3) is 4.09. The normalized spacial score (nSPS) is 10.5. The maximum Gasteiger partial charge on any atom is 0.220 e. The van der Waals surface area contributed by atoms with E-state index in [4.69, 9.17) is 0 Å². The number of hydrogen-bond acceptors (Lipinski definition) is 3. The van der Waals surface area contributed by atoms with Crippen LogP contribution in [0.1, 0.15) is 26.3 Å². The first-order chi connectivity index (χ1) is 8.85. The lowest BCUT2D eigenvalue weighted by Crippen LogP contribution is -2.66. The minimum Gasteiger partial charge on any atom is -0.313 e. The molecule has 0 atom stereocenters. The highest BCUT2D eigenvalue weighted by Gasteiger charge is 2.34. The fourth-order valence-electron chi connectivity index (χ4n) is 1.79. The number of amides is 3. The second kappa shape index (κ2) is 5.99. The van der Waals surface area contributed by atoms with Crippen LogP contribution in [0.2, 0.25) is 0 Å². The van der Waals surface area contributed by atoms with Crippen molar-refractivity contribution in [3.63, 3.8) is 0 Å². The highest BCUT2D eigenvalue weighted by Crippen LogP contribution is 2.15. The molecule has 0 aromatic heterocycles. The van der Waals surface area contributed by atoms with Crippen LogP contribution in [-0.4, -0.2) is 17.7 Å². The first-order valence-corrected chi connectivity index (χ1v) is 5.77. The first kappa shape index (κ1) is 14.7. The lowest BCUT2D eigenvalue weighted by Gasteiger charge is -2.35. The largest absolute Gasteiger partial charge is 0.313 e. The maximum absolute atomic E-state index is 11.4. The molecule has 1 rings (SSSR count). The topological polar surface area (TPSA) is 87.3 Å². The van der Waals surface area contributed by atoms with Crippen molar-refractivity contribution >= 4 is 17.7 Å². The zero-order chi connectivity index (χ0) is 14.5. The molecule has 19 heavy (non-hydrogen) atoms. The Hall–Kier alpha value is -2.37. The Labute approximate surface area is 111 Å². The lowest BCUT2D eigenvalue weighted by atomic mass is 10.1. The second-order valence-corrected chi connectivity index (χ2v) is 4.16. The molecule has 3 amide bonds. The van der Waals surface area contributed by atoms with Crippen LogP contribution in [0.4, 0.5) is 0 Å². The molecule has 0 heterocycles. The summed E-state index contributed by atoms with van der Waals surface area (Å²) in [6, 6.07) is 8.68. The highest BCUT2D eigenvalue weighted by molar-refractivity contribution is 5.81. The molecule has 0 aliphatic heterocycles. The van der Waals surface area contributed by atoms with Crippen molar-refractivity contribution < 1.29 is 14.4 Å². The number of carbonyl (C=O) groups excluding carboxylic acids is 3. The third-order valence-corrected chi connectivity index (χ3v) is 2.30. The van der Waals surface area contributed by atoms with E-state index < -0.39 is 5.79 Å². The smallest absolute Gasteiger partial charge is 0.220 e. The van der Waals surface area contributed by atoms with Crippen LogP contribution in [0.5, 0.6) is 0 Å². The number of nitrogens with one attached hydrogen (secondary N) is 3. The Morgan fingerprint density at radius 2 is 1.16 bits per heavy atom. The molecule has 0 fully saturated rings. The standard InChI is InChI=1S/C13H17N3O3/c1-9(17)14-13(15-10(2)18,16-11(3)19)12-7-5-4-6-8-12/h4-8H,1-3H3,(H,14,17)(H,15,18)(H,16,19). The molecule has 0 bridgehead atoms. The van der Waals surface area contributed by atoms with Gasteiger partial charge in [-0.2, -0.15) is 0 Å². The van der Waals surface area contributed by atoms with Gasteiger partial charge in [-0.05, 0) is 0 Å². The molecule has 1 aromatic carbocycles. The van der Waals surface area contributed by atoms with Gasteiger partial charge in [-0.25, -0.2) is 0 Å². The van der Waals surface area contributed by atoms with Gasteiger partial charge < -0.3 is 16.0 Å². The van der Waals surface area contributed by atoms with Gasteiger partial charge in [-0.3, -0.25) is 14.4 Å². The van der Waals surface area contributed by atoms with Crippen molar-refractivity contribution in [1.29, 1.82) is 0 Å². The van der Waals surface area contributed by atoms with E-state index in [9.17, 15) is 14.4 Å². The van der Waals surface area contributed by atoms with Crippen molar-refractivity contribution in [2.45, 2.75) is 26.6 Å². The molecule has 0 aliphatic rings. The van der Waals surface area contributed by atoms with Crippen molar-refractivity contribution in [2.24, 2.45) is 0 Å². The maximum atomic E-state index is 11.4.